The van der Waals surface area contributed by atoms with Gasteiger partial charge in [-0.05, 0) is 24.1 Å². The number of aliphatic imine (C=N–C) groups is 1. The smallest absolute Gasteiger partial charge is 0.126 e. The van der Waals surface area contributed by atoms with Crippen LogP contribution in [0.4, 0.5) is 4.39 Å². The third-order valence-electron chi connectivity index (χ3n) is 1.83. The summed E-state index contributed by atoms with van der Waals surface area (Å²) in [5, 5.41) is 0. The zero-order valence-electron chi connectivity index (χ0n) is 8.80. The lowest BCUT2D eigenvalue weighted by atomic mass is 10.2. The number of amidine groups is 1. The zero-order chi connectivity index (χ0) is 11.4. The molecule has 0 heterocycles. The van der Waals surface area contributed by atoms with E-state index in [9.17, 15) is 4.39 Å². The molecule has 0 aromatic heterocycles. The lowest BCUT2D eigenvalue weighted by molar-refractivity contribution is 0.627. The topological polar surface area (TPSA) is 38.4 Å². The van der Waals surface area contributed by atoms with Crippen molar-refractivity contribution in [3.8, 4) is 0 Å². The Morgan fingerprint density at radius 1 is 1.53 bits per heavy atom. The maximum Gasteiger partial charge on any atom is 0.126 e. The van der Waals surface area contributed by atoms with Gasteiger partial charge in [0, 0.05) is 16.6 Å². The van der Waals surface area contributed by atoms with E-state index in [-0.39, 0.29) is 5.82 Å². The molecule has 0 aliphatic rings. The minimum Gasteiger partial charge on any atom is -0.383 e. The summed E-state index contributed by atoms with van der Waals surface area (Å²) in [6.07, 6.45) is 0. The zero-order valence-corrected chi connectivity index (χ0v) is 10.4. The molecule has 0 fully saturated rings. The summed E-state index contributed by atoms with van der Waals surface area (Å²) in [5.41, 5.74) is 6.37. The maximum absolute atomic E-state index is 13.0. The first-order chi connectivity index (χ1) is 7.00. The van der Waals surface area contributed by atoms with E-state index >= 15 is 0 Å². The van der Waals surface area contributed by atoms with E-state index in [2.05, 4.69) is 34.8 Å². The van der Waals surface area contributed by atoms with Gasteiger partial charge in [0.15, 0.2) is 0 Å². The molecule has 15 heavy (non-hydrogen) atoms. The molecule has 0 saturated heterocycles. The van der Waals surface area contributed by atoms with Crippen molar-refractivity contribution >= 4 is 21.8 Å². The Morgan fingerprint density at radius 3 is 2.80 bits per heavy atom. The Labute approximate surface area is 97.5 Å². The second-order valence-electron chi connectivity index (χ2n) is 3.74. The quantitative estimate of drug-likeness (QED) is 0.667. The van der Waals surface area contributed by atoms with Crippen LogP contribution in [-0.2, 0) is 0 Å². The summed E-state index contributed by atoms with van der Waals surface area (Å²) < 4.78 is 13.7. The van der Waals surface area contributed by atoms with Crippen LogP contribution in [0.2, 0.25) is 0 Å². The van der Waals surface area contributed by atoms with E-state index in [1.165, 1.54) is 12.1 Å². The monoisotopic (exact) mass is 272 g/mol. The van der Waals surface area contributed by atoms with Crippen molar-refractivity contribution in [3.05, 3.63) is 34.1 Å². The number of hydrogen-bond donors (Lipinski definition) is 1. The van der Waals surface area contributed by atoms with Crippen molar-refractivity contribution in [3.63, 3.8) is 0 Å². The molecule has 0 bridgehead atoms. The SMILES string of the molecule is CC(C)CN=C(N)c1cc(F)ccc1Br. The van der Waals surface area contributed by atoms with Crippen LogP contribution in [-0.4, -0.2) is 12.4 Å². The minimum atomic E-state index is -0.309. The van der Waals surface area contributed by atoms with Gasteiger partial charge in [-0.15, -0.1) is 0 Å². The van der Waals surface area contributed by atoms with Crippen LogP contribution in [0, 0.1) is 11.7 Å². The van der Waals surface area contributed by atoms with Gasteiger partial charge in [-0.25, -0.2) is 4.39 Å². The number of hydrogen-bond acceptors (Lipinski definition) is 1. The van der Waals surface area contributed by atoms with E-state index < -0.39 is 0 Å². The lowest BCUT2D eigenvalue weighted by Gasteiger charge is -2.05. The number of nitrogens with two attached hydrogens (primary N) is 1. The molecule has 82 valence electrons. The maximum atomic E-state index is 13.0. The first-order valence-electron chi connectivity index (χ1n) is 4.76. The van der Waals surface area contributed by atoms with Crippen LogP contribution in [0.15, 0.2) is 27.7 Å². The largest absolute Gasteiger partial charge is 0.383 e. The highest BCUT2D eigenvalue weighted by atomic mass is 79.9. The molecule has 0 aliphatic heterocycles. The molecule has 0 spiro atoms. The fraction of sp³-hybridized carbons (Fsp3) is 0.364. The molecule has 4 heteroatoms. The molecule has 0 amide bonds. The van der Waals surface area contributed by atoms with E-state index in [1.807, 2.05) is 0 Å². The summed E-state index contributed by atoms with van der Waals surface area (Å²) in [5.74, 6) is 0.502. The molecule has 0 radical (unpaired) electrons. The predicted octanol–water partition coefficient (Wildman–Crippen LogP) is 2.95. The fourth-order valence-electron chi connectivity index (χ4n) is 1.06. The van der Waals surface area contributed by atoms with E-state index in [1.54, 1.807) is 6.07 Å². The van der Waals surface area contributed by atoms with Crippen molar-refractivity contribution in [2.75, 3.05) is 6.54 Å². The molecule has 1 aromatic rings. The van der Waals surface area contributed by atoms with E-state index in [0.717, 1.165) is 4.47 Å². The summed E-state index contributed by atoms with van der Waals surface area (Å²) in [6.45, 7) is 4.75. The van der Waals surface area contributed by atoms with Crippen LogP contribution in [0.1, 0.15) is 19.4 Å². The summed E-state index contributed by atoms with van der Waals surface area (Å²) >= 11 is 3.31. The van der Waals surface area contributed by atoms with Crippen molar-refractivity contribution in [2.24, 2.45) is 16.6 Å². The summed E-state index contributed by atoms with van der Waals surface area (Å²) in [4.78, 5) is 4.19. The third kappa shape index (κ3) is 3.63. The number of benzene rings is 1. The van der Waals surface area contributed by atoms with E-state index in [4.69, 9.17) is 5.73 Å². The van der Waals surface area contributed by atoms with Crippen LogP contribution in [0.3, 0.4) is 0 Å². The van der Waals surface area contributed by atoms with Gasteiger partial charge in [-0.2, -0.15) is 0 Å². The fourth-order valence-corrected chi connectivity index (χ4v) is 1.51. The lowest BCUT2D eigenvalue weighted by Crippen LogP contribution is -2.16. The third-order valence-corrected chi connectivity index (χ3v) is 2.52. The standard InChI is InChI=1S/C11H14BrFN2/c1-7(2)6-15-11(14)9-5-8(13)3-4-10(9)12/h3-5,7H,6H2,1-2H3,(H2,14,15). The Morgan fingerprint density at radius 2 is 2.20 bits per heavy atom. The number of nitrogens with zero attached hydrogens (tertiary/aromatic N) is 1. The summed E-state index contributed by atoms with van der Waals surface area (Å²) in [6, 6.07) is 4.38. The minimum absolute atomic E-state index is 0.309. The van der Waals surface area contributed by atoms with Gasteiger partial charge in [-0.1, -0.05) is 29.8 Å². The molecule has 0 aliphatic carbocycles. The van der Waals surface area contributed by atoms with Crippen LogP contribution in [0.25, 0.3) is 0 Å². The van der Waals surface area contributed by atoms with E-state index in [0.29, 0.717) is 23.9 Å². The summed E-state index contributed by atoms with van der Waals surface area (Å²) in [7, 11) is 0. The van der Waals surface area contributed by atoms with Gasteiger partial charge in [0.05, 0.1) is 0 Å². The van der Waals surface area contributed by atoms with Crippen molar-refractivity contribution < 1.29 is 4.39 Å². The second kappa shape index (κ2) is 5.26. The van der Waals surface area contributed by atoms with Gasteiger partial charge in [0.1, 0.15) is 11.7 Å². The molecule has 0 saturated carbocycles. The molecular weight excluding hydrogens is 259 g/mol. The Bertz CT molecular complexity index is 375. The molecule has 2 nitrogen and oxygen atoms in total. The van der Waals surface area contributed by atoms with Gasteiger partial charge < -0.3 is 5.73 Å². The second-order valence-corrected chi connectivity index (χ2v) is 4.60. The number of halogens is 2. The average Bonchev–Trinajstić information content (AvgIpc) is 2.18. The van der Waals surface area contributed by atoms with Gasteiger partial charge >= 0.3 is 0 Å². The molecule has 2 N–H and O–H groups in total. The van der Waals surface area contributed by atoms with Gasteiger partial charge in [0.25, 0.3) is 0 Å². The van der Waals surface area contributed by atoms with Crippen LogP contribution < -0.4 is 5.73 Å². The van der Waals surface area contributed by atoms with Crippen molar-refractivity contribution in [2.45, 2.75) is 13.8 Å². The van der Waals surface area contributed by atoms with Crippen LogP contribution >= 0.6 is 15.9 Å². The molecule has 0 atom stereocenters. The number of rotatable bonds is 3. The molecule has 0 unspecified atom stereocenters. The highest BCUT2D eigenvalue weighted by Crippen LogP contribution is 2.17. The van der Waals surface area contributed by atoms with Gasteiger partial charge in [0.2, 0.25) is 0 Å². The Balaban J connectivity index is 2.94. The normalized spacial score (nSPS) is 12.2. The van der Waals surface area contributed by atoms with Crippen LogP contribution in [0.5, 0.6) is 0 Å². The Kier molecular flexibility index (Phi) is 4.27. The van der Waals surface area contributed by atoms with Gasteiger partial charge in [-0.3, -0.25) is 4.99 Å². The molecule has 1 aromatic carbocycles. The van der Waals surface area contributed by atoms with Crippen molar-refractivity contribution in [1.29, 1.82) is 0 Å². The predicted molar refractivity (Wildman–Crippen MR) is 64.5 cm³/mol. The highest BCUT2D eigenvalue weighted by Gasteiger charge is 2.05. The first kappa shape index (κ1) is 12.2. The molecule has 1 rings (SSSR count). The molecular formula is C11H14BrFN2. The van der Waals surface area contributed by atoms with Crippen molar-refractivity contribution in [1.82, 2.24) is 0 Å². The average molecular weight is 273 g/mol. The highest BCUT2D eigenvalue weighted by molar-refractivity contribution is 9.10. The Hall–Kier alpha value is -0.900. The first-order valence-corrected chi connectivity index (χ1v) is 5.55.